The smallest absolute Gasteiger partial charge is 0.231 e. The van der Waals surface area contributed by atoms with Crippen LogP contribution in [-0.4, -0.2) is 22.0 Å². The fourth-order valence-electron chi connectivity index (χ4n) is 3.44. The van der Waals surface area contributed by atoms with Crippen molar-refractivity contribution in [1.29, 1.82) is 5.26 Å². The molecule has 7 nitrogen and oxygen atoms in total. The maximum absolute atomic E-state index is 13.5. The van der Waals surface area contributed by atoms with E-state index in [-0.39, 0.29) is 23.9 Å². The molecule has 0 spiro atoms. The average Bonchev–Trinajstić information content (AvgIpc) is 3.31. The Morgan fingerprint density at radius 3 is 2.56 bits per heavy atom. The fourth-order valence-corrected chi connectivity index (χ4v) is 4.10. The van der Waals surface area contributed by atoms with E-state index in [0.29, 0.717) is 29.0 Å². The van der Waals surface area contributed by atoms with Gasteiger partial charge in [-0.2, -0.15) is 16.6 Å². The molecular formula is C24H19N5O2S. The van der Waals surface area contributed by atoms with Crippen molar-refractivity contribution in [3.05, 3.63) is 82.2 Å². The quantitative estimate of drug-likeness (QED) is 0.481. The Morgan fingerprint density at radius 1 is 1.09 bits per heavy atom. The van der Waals surface area contributed by atoms with Gasteiger partial charge in [-0.1, -0.05) is 18.2 Å². The molecule has 0 aliphatic carbocycles. The first-order valence-electron chi connectivity index (χ1n) is 9.88. The van der Waals surface area contributed by atoms with E-state index in [1.807, 2.05) is 35.0 Å². The Labute approximate surface area is 188 Å². The van der Waals surface area contributed by atoms with Gasteiger partial charge in [-0.25, -0.2) is 0 Å². The third-order valence-corrected chi connectivity index (χ3v) is 5.66. The number of rotatable bonds is 6. The Kier molecular flexibility index (Phi) is 6.19. The van der Waals surface area contributed by atoms with Crippen LogP contribution in [0.1, 0.15) is 23.7 Å². The molecule has 4 rings (SSSR count). The maximum Gasteiger partial charge on any atom is 0.231 e. The summed E-state index contributed by atoms with van der Waals surface area (Å²) in [5.74, 6) is -0.330. The van der Waals surface area contributed by atoms with Crippen LogP contribution in [0.25, 0.3) is 10.9 Å². The van der Waals surface area contributed by atoms with Crippen LogP contribution >= 0.6 is 11.3 Å². The molecule has 4 aromatic rings. The zero-order valence-electron chi connectivity index (χ0n) is 17.3. The molecule has 2 amide bonds. The van der Waals surface area contributed by atoms with Crippen LogP contribution in [0.5, 0.6) is 0 Å². The molecule has 0 bridgehead atoms. The van der Waals surface area contributed by atoms with Crippen LogP contribution in [0.3, 0.4) is 0 Å². The van der Waals surface area contributed by atoms with E-state index in [1.54, 1.807) is 46.6 Å². The Morgan fingerprint density at radius 2 is 1.88 bits per heavy atom. The van der Waals surface area contributed by atoms with Crippen molar-refractivity contribution >= 4 is 45.4 Å². The number of carbonyl (C=O) groups is 2. The van der Waals surface area contributed by atoms with Gasteiger partial charge in [0, 0.05) is 29.2 Å². The molecular weight excluding hydrogens is 422 g/mol. The molecule has 0 aliphatic heterocycles. The van der Waals surface area contributed by atoms with Crippen LogP contribution < -0.4 is 10.2 Å². The lowest BCUT2D eigenvalue weighted by molar-refractivity contribution is -0.118. The first kappa shape index (κ1) is 21.2. The number of amides is 2. The van der Waals surface area contributed by atoms with Gasteiger partial charge in [-0.3, -0.25) is 9.59 Å². The Hall–Kier alpha value is -4.09. The SMILES string of the molecule is CC(=O)Nc1ccc(N(Cc2ccsc2)C(=O)Cc2c(C#N)nnc3ccccc23)cc1. The number of benzene rings is 2. The van der Waals surface area contributed by atoms with Crippen molar-refractivity contribution in [2.24, 2.45) is 0 Å². The zero-order valence-corrected chi connectivity index (χ0v) is 18.1. The second-order valence-electron chi connectivity index (χ2n) is 7.17. The van der Waals surface area contributed by atoms with Crippen LogP contribution in [0.15, 0.2) is 65.4 Å². The predicted octanol–water partition coefficient (Wildman–Crippen LogP) is 4.30. The summed E-state index contributed by atoms with van der Waals surface area (Å²) < 4.78 is 0. The van der Waals surface area contributed by atoms with Gasteiger partial charge >= 0.3 is 0 Å². The number of nitrogens with zero attached hydrogens (tertiary/aromatic N) is 4. The molecule has 8 heteroatoms. The summed E-state index contributed by atoms with van der Waals surface area (Å²) in [5.41, 5.74) is 3.70. The number of hydrogen-bond donors (Lipinski definition) is 1. The largest absolute Gasteiger partial charge is 0.326 e. The highest BCUT2D eigenvalue weighted by atomic mass is 32.1. The van der Waals surface area contributed by atoms with Crippen molar-refractivity contribution < 1.29 is 9.59 Å². The molecule has 2 aromatic heterocycles. The number of carbonyl (C=O) groups excluding carboxylic acids is 2. The standard InChI is InChI=1S/C24H19N5O2S/c1-16(30)26-18-6-8-19(9-7-18)29(14-17-10-11-32-15-17)24(31)12-21-20-4-2-3-5-22(20)27-28-23(21)13-25/h2-11,15H,12,14H2,1H3,(H,26,30). The molecule has 0 saturated carbocycles. The van der Waals surface area contributed by atoms with Crippen molar-refractivity contribution in [1.82, 2.24) is 10.2 Å². The van der Waals surface area contributed by atoms with Crippen molar-refractivity contribution in [2.75, 3.05) is 10.2 Å². The molecule has 0 radical (unpaired) electrons. The van der Waals surface area contributed by atoms with Crippen molar-refractivity contribution in [2.45, 2.75) is 19.9 Å². The highest BCUT2D eigenvalue weighted by Crippen LogP contribution is 2.25. The summed E-state index contributed by atoms with van der Waals surface area (Å²) in [6.45, 7) is 1.83. The second-order valence-corrected chi connectivity index (χ2v) is 7.95. The van der Waals surface area contributed by atoms with Crippen LogP contribution in [-0.2, 0) is 22.6 Å². The number of thiophene rings is 1. The molecule has 0 fully saturated rings. The van der Waals surface area contributed by atoms with Gasteiger partial charge in [0.2, 0.25) is 11.8 Å². The van der Waals surface area contributed by atoms with E-state index < -0.39 is 0 Å². The highest BCUT2D eigenvalue weighted by molar-refractivity contribution is 7.07. The third kappa shape index (κ3) is 4.63. The molecule has 0 atom stereocenters. The van der Waals surface area contributed by atoms with Gasteiger partial charge in [0.05, 0.1) is 18.5 Å². The number of nitriles is 1. The Balaban J connectivity index is 1.69. The van der Waals surface area contributed by atoms with E-state index in [1.165, 1.54) is 6.92 Å². The van der Waals surface area contributed by atoms with Crippen LogP contribution in [0, 0.1) is 11.3 Å². The lowest BCUT2D eigenvalue weighted by Gasteiger charge is -2.23. The summed E-state index contributed by atoms with van der Waals surface area (Å²) in [7, 11) is 0. The summed E-state index contributed by atoms with van der Waals surface area (Å²) in [4.78, 5) is 26.5. The minimum atomic E-state index is -0.168. The molecule has 2 aromatic carbocycles. The molecule has 0 saturated heterocycles. The minimum absolute atomic E-state index is 0.0104. The second kappa shape index (κ2) is 9.37. The van der Waals surface area contributed by atoms with Crippen molar-refractivity contribution in [3.63, 3.8) is 0 Å². The maximum atomic E-state index is 13.5. The van der Waals surface area contributed by atoms with Gasteiger partial charge in [0.25, 0.3) is 0 Å². The van der Waals surface area contributed by atoms with Gasteiger partial charge in [-0.05, 0) is 52.7 Å². The lowest BCUT2D eigenvalue weighted by atomic mass is 10.0. The molecule has 158 valence electrons. The van der Waals surface area contributed by atoms with E-state index in [4.69, 9.17) is 0 Å². The number of hydrogen-bond acceptors (Lipinski definition) is 6. The number of aromatic nitrogens is 2. The fraction of sp³-hybridized carbons (Fsp3) is 0.125. The Bertz CT molecular complexity index is 1310. The van der Waals surface area contributed by atoms with Crippen LogP contribution in [0.2, 0.25) is 0 Å². The van der Waals surface area contributed by atoms with E-state index in [2.05, 4.69) is 21.6 Å². The molecule has 2 heterocycles. The molecule has 0 unspecified atom stereocenters. The summed E-state index contributed by atoms with van der Waals surface area (Å²) in [6, 6.07) is 18.5. The van der Waals surface area contributed by atoms with Gasteiger partial charge in [0.15, 0.2) is 5.69 Å². The van der Waals surface area contributed by atoms with Gasteiger partial charge < -0.3 is 10.2 Å². The monoisotopic (exact) mass is 441 g/mol. The van der Waals surface area contributed by atoms with Gasteiger partial charge in [0.1, 0.15) is 6.07 Å². The third-order valence-electron chi connectivity index (χ3n) is 4.93. The molecule has 1 N–H and O–H groups in total. The minimum Gasteiger partial charge on any atom is -0.326 e. The average molecular weight is 442 g/mol. The van der Waals surface area contributed by atoms with E-state index in [0.717, 1.165) is 10.9 Å². The summed E-state index contributed by atoms with van der Waals surface area (Å²) in [6.07, 6.45) is 0.0104. The van der Waals surface area contributed by atoms with Crippen molar-refractivity contribution in [3.8, 4) is 6.07 Å². The van der Waals surface area contributed by atoms with E-state index in [9.17, 15) is 14.9 Å². The molecule has 32 heavy (non-hydrogen) atoms. The van der Waals surface area contributed by atoms with E-state index >= 15 is 0 Å². The summed E-state index contributed by atoms with van der Waals surface area (Å²) in [5, 5.41) is 25.1. The highest BCUT2D eigenvalue weighted by Gasteiger charge is 2.21. The number of nitrogens with one attached hydrogen (secondary N) is 1. The van der Waals surface area contributed by atoms with Crippen LogP contribution in [0.4, 0.5) is 11.4 Å². The lowest BCUT2D eigenvalue weighted by Crippen LogP contribution is -2.32. The first-order chi connectivity index (χ1) is 15.5. The topological polar surface area (TPSA) is 99.0 Å². The molecule has 0 aliphatic rings. The zero-order chi connectivity index (χ0) is 22.5. The normalized spacial score (nSPS) is 10.5. The summed E-state index contributed by atoms with van der Waals surface area (Å²) >= 11 is 1.56. The van der Waals surface area contributed by atoms with Gasteiger partial charge in [-0.15, -0.1) is 10.2 Å². The first-order valence-corrected chi connectivity index (χ1v) is 10.8. The number of fused-ring (bicyclic) bond motifs is 1. The number of anilines is 2. The predicted molar refractivity (Wildman–Crippen MR) is 124 cm³/mol.